The van der Waals surface area contributed by atoms with E-state index in [1.165, 1.54) is 0 Å². The highest BCUT2D eigenvalue weighted by molar-refractivity contribution is 5.49. The van der Waals surface area contributed by atoms with Crippen molar-refractivity contribution in [3.8, 4) is 5.75 Å². The molecule has 1 N–H and O–H groups in total. The van der Waals surface area contributed by atoms with Crippen molar-refractivity contribution in [2.24, 2.45) is 0 Å². The van der Waals surface area contributed by atoms with Crippen molar-refractivity contribution in [2.45, 2.75) is 19.9 Å². The number of aryl methyl sites for hydroxylation is 1. The third-order valence-electron chi connectivity index (χ3n) is 3.79. The van der Waals surface area contributed by atoms with Crippen molar-refractivity contribution in [3.63, 3.8) is 0 Å². The third kappa shape index (κ3) is 3.66. The summed E-state index contributed by atoms with van der Waals surface area (Å²) in [6.45, 7) is 2.21. The van der Waals surface area contributed by atoms with Crippen LogP contribution in [0, 0.1) is 6.92 Å². The first-order valence-electron chi connectivity index (χ1n) is 7.81. The Bertz CT molecular complexity index is 904. The molecule has 0 saturated carbocycles. The fraction of sp³-hybridized carbons (Fsp3) is 0.150. The van der Waals surface area contributed by atoms with E-state index in [2.05, 4.69) is 0 Å². The van der Waals surface area contributed by atoms with Gasteiger partial charge in [0, 0.05) is 6.20 Å². The Kier molecular flexibility index (Phi) is 4.66. The molecule has 0 saturated heterocycles. The van der Waals surface area contributed by atoms with Crippen molar-refractivity contribution in [2.75, 3.05) is 0 Å². The van der Waals surface area contributed by atoms with Gasteiger partial charge in [-0.1, -0.05) is 42.5 Å². The van der Waals surface area contributed by atoms with E-state index in [0.717, 1.165) is 11.3 Å². The molecule has 1 aromatic carbocycles. The zero-order chi connectivity index (χ0) is 16.9. The van der Waals surface area contributed by atoms with E-state index in [1.54, 1.807) is 16.8 Å². The normalized spacial score (nSPS) is 11.2. The van der Waals surface area contributed by atoms with Gasteiger partial charge in [-0.15, -0.1) is 0 Å². The van der Waals surface area contributed by atoms with Gasteiger partial charge in [-0.25, -0.2) is 0 Å². The van der Waals surface area contributed by atoms with Crippen LogP contribution < -0.4 is 5.56 Å². The lowest BCUT2D eigenvalue weighted by Gasteiger charge is -2.07. The molecule has 0 aliphatic heterocycles. The van der Waals surface area contributed by atoms with Crippen molar-refractivity contribution < 1.29 is 9.52 Å². The Balaban J connectivity index is 1.81. The van der Waals surface area contributed by atoms with Crippen LogP contribution in [-0.4, -0.2) is 9.67 Å². The molecule has 0 fully saturated rings. The number of hydrogen-bond acceptors (Lipinski definition) is 3. The number of allylic oxidation sites excluding steroid dienone is 1. The van der Waals surface area contributed by atoms with Crippen LogP contribution in [0.4, 0.5) is 0 Å². The lowest BCUT2D eigenvalue weighted by atomic mass is 10.1. The maximum atomic E-state index is 12.6. The molecule has 4 heteroatoms. The van der Waals surface area contributed by atoms with Crippen LogP contribution in [0.1, 0.15) is 22.6 Å². The molecule has 0 bridgehead atoms. The van der Waals surface area contributed by atoms with Gasteiger partial charge < -0.3 is 14.1 Å². The van der Waals surface area contributed by atoms with Gasteiger partial charge >= 0.3 is 0 Å². The average Bonchev–Trinajstić information content (AvgIpc) is 2.99. The number of aromatic nitrogens is 1. The first-order chi connectivity index (χ1) is 11.6. The number of benzene rings is 1. The summed E-state index contributed by atoms with van der Waals surface area (Å²) < 4.78 is 7.06. The predicted molar refractivity (Wildman–Crippen MR) is 94.1 cm³/mol. The second-order valence-corrected chi connectivity index (χ2v) is 5.64. The Labute approximate surface area is 140 Å². The first-order valence-corrected chi connectivity index (χ1v) is 7.81. The second-order valence-electron chi connectivity index (χ2n) is 5.64. The van der Waals surface area contributed by atoms with Gasteiger partial charge in [0.2, 0.25) is 0 Å². The van der Waals surface area contributed by atoms with Gasteiger partial charge in [-0.3, -0.25) is 4.79 Å². The maximum absolute atomic E-state index is 12.6. The second kappa shape index (κ2) is 7.04. The van der Waals surface area contributed by atoms with E-state index in [-0.39, 0.29) is 11.3 Å². The lowest BCUT2D eigenvalue weighted by Crippen LogP contribution is -2.23. The molecule has 3 rings (SSSR count). The minimum absolute atomic E-state index is 0.0181. The van der Waals surface area contributed by atoms with Gasteiger partial charge in [0.25, 0.3) is 5.56 Å². The minimum atomic E-state index is -0.207. The SMILES string of the molecule is Cc1ccc(Cn2ccc(O)c(CC=Cc3ccccc3)c2=O)o1. The summed E-state index contributed by atoms with van der Waals surface area (Å²) in [5.41, 5.74) is 1.23. The largest absolute Gasteiger partial charge is 0.507 e. The first kappa shape index (κ1) is 15.9. The van der Waals surface area contributed by atoms with Crippen LogP contribution in [0.15, 0.2) is 70.0 Å². The van der Waals surface area contributed by atoms with Crippen LogP contribution >= 0.6 is 0 Å². The van der Waals surface area contributed by atoms with Crippen LogP contribution in [0.2, 0.25) is 0 Å². The standard InChI is InChI=1S/C20H19NO3/c1-15-10-11-17(24-15)14-21-13-12-19(22)18(20(21)23)9-5-8-16-6-3-2-4-7-16/h2-8,10-13,22H,9,14H2,1H3. The molecule has 0 radical (unpaired) electrons. The Hall–Kier alpha value is -3.01. The molecule has 3 aromatic rings. The van der Waals surface area contributed by atoms with E-state index >= 15 is 0 Å². The van der Waals surface area contributed by atoms with Crippen LogP contribution in [0.3, 0.4) is 0 Å². The minimum Gasteiger partial charge on any atom is -0.507 e. The molecule has 122 valence electrons. The zero-order valence-electron chi connectivity index (χ0n) is 13.5. The Morgan fingerprint density at radius 1 is 1.12 bits per heavy atom. The van der Waals surface area contributed by atoms with E-state index in [4.69, 9.17) is 4.42 Å². The smallest absolute Gasteiger partial charge is 0.258 e. The average molecular weight is 321 g/mol. The van der Waals surface area contributed by atoms with Gasteiger partial charge in [-0.05, 0) is 37.1 Å². The topological polar surface area (TPSA) is 55.4 Å². The number of rotatable bonds is 5. The fourth-order valence-corrected chi connectivity index (χ4v) is 2.54. The molecule has 0 aliphatic carbocycles. The quantitative estimate of drug-likeness (QED) is 0.778. The lowest BCUT2D eigenvalue weighted by molar-refractivity contribution is 0.453. The predicted octanol–water partition coefficient (Wildman–Crippen LogP) is 3.76. The van der Waals surface area contributed by atoms with E-state index < -0.39 is 0 Å². The number of aromatic hydroxyl groups is 1. The molecule has 2 heterocycles. The van der Waals surface area contributed by atoms with E-state index in [0.29, 0.717) is 24.3 Å². The van der Waals surface area contributed by atoms with Gasteiger partial charge in [0.1, 0.15) is 17.3 Å². The number of nitrogens with zero attached hydrogens (tertiary/aromatic N) is 1. The Morgan fingerprint density at radius 2 is 1.92 bits per heavy atom. The van der Waals surface area contributed by atoms with Crippen LogP contribution in [0.5, 0.6) is 5.75 Å². The summed E-state index contributed by atoms with van der Waals surface area (Å²) >= 11 is 0. The molecule has 0 amide bonds. The van der Waals surface area contributed by atoms with E-state index in [9.17, 15) is 9.90 Å². The maximum Gasteiger partial charge on any atom is 0.258 e. The Morgan fingerprint density at radius 3 is 2.62 bits per heavy atom. The van der Waals surface area contributed by atoms with Crippen LogP contribution in [-0.2, 0) is 13.0 Å². The molecule has 0 aliphatic rings. The number of furan rings is 1. The van der Waals surface area contributed by atoms with Gasteiger partial charge in [0.15, 0.2) is 0 Å². The monoisotopic (exact) mass is 321 g/mol. The molecule has 0 atom stereocenters. The molecule has 0 unspecified atom stereocenters. The van der Waals surface area contributed by atoms with Gasteiger partial charge in [-0.2, -0.15) is 0 Å². The summed E-state index contributed by atoms with van der Waals surface area (Å²) in [7, 11) is 0. The zero-order valence-corrected chi connectivity index (χ0v) is 13.5. The van der Waals surface area contributed by atoms with Crippen molar-refractivity contribution in [3.05, 3.63) is 93.8 Å². The van der Waals surface area contributed by atoms with E-state index in [1.807, 2.05) is 61.5 Å². The fourth-order valence-electron chi connectivity index (χ4n) is 2.54. The number of pyridine rings is 1. The highest BCUT2D eigenvalue weighted by Gasteiger charge is 2.09. The molecule has 0 spiro atoms. The van der Waals surface area contributed by atoms with Crippen molar-refractivity contribution in [1.82, 2.24) is 4.57 Å². The summed E-state index contributed by atoms with van der Waals surface area (Å²) in [5, 5.41) is 10.0. The van der Waals surface area contributed by atoms with Crippen molar-refractivity contribution >= 4 is 6.08 Å². The summed E-state index contributed by atoms with van der Waals surface area (Å²) in [6, 6.07) is 15.1. The van der Waals surface area contributed by atoms with Crippen molar-refractivity contribution in [1.29, 1.82) is 0 Å². The highest BCUT2D eigenvalue weighted by Crippen LogP contribution is 2.15. The molecular weight excluding hydrogens is 302 g/mol. The summed E-state index contributed by atoms with van der Waals surface area (Å²) in [4.78, 5) is 12.6. The number of hydrogen-bond donors (Lipinski definition) is 1. The molecule has 4 nitrogen and oxygen atoms in total. The summed E-state index contributed by atoms with van der Waals surface area (Å²) in [5.74, 6) is 1.54. The highest BCUT2D eigenvalue weighted by atomic mass is 16.3. The summed E-state index contributed by atoms with van der Waals surface area (Å²) in [6.07, 6.45) is 5.77. The van der Waals surface area contributed by atoms with Gasteiger partial charge in [0.05, 0.1) is 12.1 Å². The molecule has 24 heavy (non-hydrogen) atoms. The van der Waals surface area contributed by atoms with Crippen LogP contribution in [0.25, 0.3) is 6.08 Å². The third-order valence-corrected chi connectivity index (χ3v) is 3.79. The molecular formula is C20H19NO3. The molecule has 2 aromatic heterocycles.